The summed E-state index contributed by atoms with van der Waals surface area (Å²) in [6.45, 7) is 7.14. The van der Waals surface area contributed by atoms with Gasteiger partial charge in [0.15, 0.2) is 0 Å². The van der Waals surface area contributed by atoms with Crippen LogP contribution in [0.1, 0.15) is 32.0 Å². The maximum Gasteiger partial charge on any atom is 0.410 e. The molecule has 0 N–H and O–H groups in total. The van der Waals surface area contributed by atoms with Gasteiger partial charge >= 0.3 is 6.09 Å². The molecule has 0 radical (unpaired) electrons. The van der Waals surface area contributed by atoms with E-state index in [1.54, 1.807) is 11.1 Å². The highest BCUT2D eigenvalue weighted by Crippen LogP contribution is 2.43. The molecule has 0 aromatic carbocycles. The Kier molecular flexibility index (Phi) is 3.06. The quantitative estimate of drug-likeness (QED) is 0.728. The number of hydrogen-bond acceptors (Lipinski definition) is 4. The molecule has 2 aliphatic rings. The van der Waals surface area contributed by atoms with E-state index in [4.69, 9.17) is 9.47 Å². The van der Waals surface area contributed by atoms with Crippen molar-refractivity contribution in [3.63, 3.8) is 0 Å². The van der Waals surface area contributed by atoms with Gasteiger partial charge in [0.25, 0.3) is 0 Å². The van der Waals surface area contributed by atoms with Gasteiger partial charge in [-0.1, -0.05) is 0 Å². The van der Waals surface area contributed by atoms with Gasteiger partial charge in [-0.2, -0.15) is 0 Å². The van der Waals surface area contributed by atoms with Gasteiger partial charge in [-0.3, -0.25) is 4.98 Å². The van der Waals surface area contributed by atoms with Crippen molar-refractivity contribution in [2.24, 2.45) is 0 Å². The molecule has 3 rings (SSSR count). The molecular formula is C14H17BrN2O3. The van der Waals surface area contributed by atoms with Crippen molar-refractivity contribution < 1.29 is 14.3 Å². The van der Waals surface area contributed by atoms with Gasteiger partial charge in [-0.25, -0.2) is 4.79 Å². The van der Waals surface area contributed by atoms with Crippen molar-refractivity contribution in [3.8, 4) is 0 Å². The molecular weight excluding hydrogens is 324 g/mol. The topological polar surface area (TPSA) is 51.7 Å². The molecule has 108 valence electrons. The minimum absolute atomic E-state index is 0.294. The number of rotatable bonds is 0. The molecule has 1 fully saturated rings. The number of carbonyl (C=O) groups excluding carboxylic acids is 1. The van der Waals surface area contributed by atoms with Crippen LogP contribution in [0.3, 0.4) is 0 Å². The summed E-state index contributed by atoms with van der Waals surface area (Å²) < 4.78 is 12.2. The van der Waals surface area contributed by atoms with Crippen molar-refractivity contribution in [2.75, 3.05) is 13.1 Å². The van der Waals surface area contributed by atoms with Gasteiger partial charge in [-0.05, 0) is 42.8 Å². The Morgan fingerprint density at radius 1 is 1.50 bits per heavy atom. The highest BCUT2D eigenvalue weighted by atomic mass is 79.9. The second-order valence-corrected chi connectivity index (χ2v) is 7.20. The highest BCUT2D eigenvalue weighted by molar-refractivity contribution is 9.10. The zero-order valence-corrected chi connectivity index (χ0v) is 13.4. The maximum absolute atomic E-state index is 12.0. The predicted molar refractivity (Wildman–Crippen MR) is 76.2 cm³/mol. The summed E-state index contributed by atoms with van der Waals surface area (Å²) in [7, 11) is 0. The summed E-state index contributed by atoms with van der Waals surface area (Å²) >= 11 is 3.41. The number of ether oxygens (including phenoxy) is 2. The van der Waals surface area contributed by atoms with Crippen LogP contribution in [0.5, 0.6) is 0 Å². The zero-order valence-electron chi connectivity index (χ0n) is 11.8. The van der Waals surface area contributed by atoms with Crippen molar-refractivity contribution in [2.45, 2.75) is 38.6 Å². The summed E-state index contributed by atoms with van der Waals surface area (Å²) in [4.78, 5) is 18.1. The molecule has 0 bridgehead atoms. The van der Waals surface area contributed by atoms with E-state index in [0.717, 1.165) is 15.7 Å². The van der Waals surface area contributed by atoms with Gasteiger partial charge in [0.05, 0.1) is 25.4 Å². The minimum Gasteiger partial charge on any atom is -0.444 e. The number of hydrogen-bond donors (Lipinski definition) is 0. The lowest BCUT2D eigenvalue weighted by atomic mass is 9.90. The number of aromatic nitrogens is 1. The smallest absolute Gasteiger partial charge is 0.410 e. The average molecular weight is 341 g/mol. The van der Waals surface area contributed by atoms with Crippen LogP contribution in [0, 0.1) is 0 Å². The Balaban J connectivity index is 1.71. The third kappa shape index (κ3) is 2.31. The molecule has 2 aliphatic heterocycles. The Labute approximate surface area is 126 Å². The number of amides is 1. The minimum atomic E-state index is -0.475. The molecule has 1 saturated heterocycles. The summed E-state index contributed by atoms with van der Waals surface area (Å²) in [5.74, 6) is 0. The van der Waals surface area contributed by atoms with Crippen molar-refractivity contribution >= 4 is 22.0 Å². The molecule has 20 heavy (non-hydrogen) atoms. The van der Waals surface area contributed by atoms with Crippen LogP contribution in [0.25, 0.3) is 0 Å². The number of fused-ring (bicyclic) bond motifs is 2. The van der Waals surface area contributed by atoms with Crippen LogP contribution in [0.2, 0.25) is 0 Å². The van der Waals surface area contributed by atoms with E-state index in [0.29, 0.717) is 19.7 Å². The number of halogens is 1. The highest BCUT2D eigenvalue weighted by Gasteiger charge is 2.53. The second kappa shape index (κ2) is 4.43. The molecule has 0 saturated carbocycles. The molecule has 1 amide bonds. The van der Waals surface area contributed by atoms with Crippen LogP contribution in [-0.4, -0.2) is 34.7 Å². The summed E-state index contributed by atoms with van der Waals surface area (Å²) in [5, 5.41) is 0. The van der Waals surface area contributed by atoms with E-state index >= 15 is 0 Å². The largest absolute Gasteiger partial charge is 0.444 e. The van der Waals surface area contributed by atoms with E-state index in [1.807, 2.05) is 26.8 Å². The fraction of sp³-hybridized carbons (Fsp3) is 0.571. The number of pyridine rings is 1. The number of carbonyl (C=O) groups is 1. The monoisotopic (exact) mass is 340 g/mol. The summed E-state index contributed by atoms with van der Waals surface area (Å²) in [5.41, 5.74) is 1.12. The van der Waals surface area contributed by atoms with Gasteiger partial charge in [0.2, 0.25) is 0 Å². The molecule has 0 unspecified atom stereocenters. The number of likely N-dealkylation sites (tertiary alicyclic amines) is 1. The lowest BCUT2D eigenvalue weighted by Crippen LogP contribution is -2.62. The van der Waals surface area contributed by atoms with Gasteiger partial charge in [0, 0.05) is 16.2 Å². The van der Waals surface area contributed by atoms with E-state index < -0.39 is 11.2 Å². The third-order valence-electron chi connectivity index (χ3n) is 3.41. The molecule has 6 heteroatoms. The van der Waals surface area contributed by atoms with Crippen LogP contribution in [0.15, 0.2) is 16.7 Å². The average Bonchev–Trinajstić information content (AvgIpc) is 2.62. The number of nitrogens with zero attached hydrogens (tertiary/aromatic N) is 2. The Morgan fingerprint density at radius 3 is 2.85 bits per heavy atom. The molecule has 1 spiro atoms. The van der Waals surface area contributed by atoms with Crippen LogP contribution in [0.4, 0.5) is 4.79 Å². The normalized spacial score (nSPS) is 19.7. The Bertz CT molecular complexity index is 562. The van der Waals surface area contributed by atoms with Crippen molar-refractivity contribution in [3.05, 3.63) is 28.0 Å². The third-order valence-corrected chi connectivity index (χ3v) is 3.85. The molecule has 1 aromatic heterocycles. The Hall–Kier alpha value is -1.14. The Morgan fingerprint density at radius 2 is 2.20 bits per heavy atom. The molecule has 3 heterocycles. The lowest BCUT2D eigenvalue weighted by molar-refractivity contribution is -0.139. The zero-order chi connectivity index (χ0) is 14.5. The molecule has 0 aliphatic carbocycles. The lowest BCUT2D eigenvalue weighted by Gasteiger charge is -2.46. The fourth-order valence-electron chi connectivity index (χ4n) is 2.55. The molecule has 1 aromatic rings. The van der Waals surface area contributed by atoms with E-state index in [-0.39, 0.29) is 6.09 Å². The second-order valence-electron chi connectivity index (χ2n) is 6.28. The van der Waals surface area contributed by atoms with Gasteiger partial charge < -0.3 is 14.4 Å². The molecule has 0 atom stereocenters. The van der Waals surface area contributed by atoms with Gasteiger partial charge in [0.1, 0.15) is 11.2 Å². The standard InChI is InChI=1S/C14H17BrN2O3/c1-13(2,3)20-12(18)17-7-14(8-17)11-9(6-19-14)4-10(15)5-16-11/h4-5H,6-8H2,1-3H3. The maximum atomic E-state index is 12.0. The first-order valence-electron chi connectivity index (χ1n) is 6.56. The predicted octanol–water partition coefficient (Wildman–Crippen LogP) is 2.82. The van der Waals surface area contributed by atoms with E-state index in [1.165, 1.54) is 0 Å². The summed E-state index contributed by atoms with van der Waals surface area (Å²) in [6, 6.07) is 2.02. The first-order chi connectivity index (χ1) is 9.29. The van der Waals surface area contributed by atoms with Gasteiger partial charge in [-0.15, -0.1) is 0 Å². The van der Waals surface area contributed by atoms with Crippen molar-refractivity contribution in [1.82, 2.24) is 9.88 Å². The first kappa shape index (κ1) is 13.8. The van der Waals surface area contributed by atoms with Crippen molar-refractivity contribution in [1.29, 1.82) is 0 Å². The van der Waals surface area contributed by atoms with E-state index in [2.05, 4.69) is 20.9 Å². The fourth-order valence-corrected chi connectivity index (χ4v) is 2.93. The van der Waals surface area contributed by atoms with Crippen LogP contribution in [-0.2, 0) is 21.7 Å². The summed E-state index contributed by atoms with van der Waals surface area (Å²) in [6.07, 6.45) is 1.48. The van der Waals surface area contributed by atoms with Crippen LogP contribution < -0.4 is 0 Å². The van der Waals surface area contributed by atoms with Crippen LogP contribution >= 0.6 is 15.9 Å². The first-order valence-corrected chi connectivity index (χ1v) is 7.35. The van der Waals surface area contributed by atoms with E-state index in [9.17, 15) is 4.79 Å². The molecule has 5 nitrogen and oxygen atoms in total. The SMILES string of the molecule is CC(C)(C)OC(=O)N1CC2(C1)OCc1cc(Br)cnc12.